The maximum Gasteiger partial charge on any atom is 0.0362 e. The van der Waals surface area contributed by atoms with E-state index >= 15 is 0 Å². The zero-order valence-corrected chi connectivity index (χ0v) is 9.83. The lowest BCUT2D eigenvalue weighted by Gasteiger charge is -2.13. The van der Waals surface area contributed by atoms with E-state index in [2.05, 4.69) is 54.5 Å². The van der Waals surface area contributed by atoms with Gasteiger partial charge in [-0.2, -0.15) is 0 Å². The second kappa shape index (κ2) is 4.99. The molecular weight excluding hydrogens is 196 g/mol. The van der Waals surface area contributed by atoms with Gasteiger partial charge in [0.1, 0.15) is 0 Å². The van der Waals surface area contributed by atoms with Crippen LogP contribution in [0.4, 0.5) is 0 Å². The van der Waals surface area contributed by atoms with E-state index in [9.17, 15) is 0 Å². The van der Waals surface area contributed by atoms with Crippen LogP contribution in [-0.4, -0.2) is 4.98 Å². The van der Waals surface area contributed by atoms with Crippen molar-refractivity contribution in [3.8, 4) is 0 Å². The summed E-state index contributed by atoms with van der Waals surface area (Å²) < 4.78 is 0. The highest BCUT2D eigenvalue weighted by Crippen LogP contribution is 2.13. The molecule has 0 saturated heterocycles. The van der Waals surface area contributed by atoms with Crippen molar-refractivity contribution in [1.29, 1.82) is 0 Å². The molecule has 16 heavy (non-hydrogen) atoms. The molecule has 84 valence electrons. The number of nitrogens with one attached hydrogen (secondary N) is 2. The van der Waals surface area contributed by atoms with E-state index in [0.29, 0.717) is 6.04 Å². The van der Waals surface area contributed by atoms with E-state index in [0.717, 1.165) is 6.54 Å². The molecule has 2 nitrogen and oxygen atoms in total. The van der Waals surface area contributed by atoms with Gasteiger partial charge in [0.15, 0.2) is 0 Å². The van der Waals surface area contributed by atoms with Crippen molar-refractivity contribution in [3.05, 3.63) is 59.4 Å². The molecule has 2 aromatic rings. The molecule has 0 fully saturated rings. The van der Waals surface area contributed by atoms with Gasteiger partial charge in [0.2, 0.25) is 0 Å². The normalized spacial score (nSPS) is 12.6. The number of hydrogen-bond acceptors (Lipinski definition) is 1. The SMILES string of the molecule is Cc1ccc([C@H](C)NCc2ccc[nH]2)cc1. The summed E-state index contributed by atoms with van der Waals surface area (Å²) in [5.74, 6) is 0. The predicted octanol–water partition coefficient (Wildman–Crippen LogP) is 3.17. The molecule has 0 aliphatic heterocycles. The average molecular weight is 214 g/mol. The summed E-state index contributed by atoms with van der Waals surface area (Å²) in [5, 5.41) is 3.49. The summed E-state index contributed by atoms with van der Waals surface area (Å²) in [6, 6.07) is 13.2. The fourth-order valence-electron chi connectivity index (χ4n) is 1.71. The molecule has 0 aliphatic rings. The molecule has 0 unspecified atom stereocenters. The smallest absolute Gasteiger partial charge is 0.0362 e. The average Bonchev–Trinajstić information content (AvgIpc) is 2.80. The molecule has 0 spiro atoms. The van der Waals surface area contributed by atoms with Gasteiger partial charge in [0.05, 0.1) is 0 Å². The summed E-state index contributed by atoms with van der Waals surface area (Å²) in [4.78, 5) is 3.19. The number of aryl methyl sites for hydroxylation is 1. The molecule has 0 amide bonds. The molecule has 2 N–H and O–H groups in total. The first-order valence-electron chi connectivity index (χ1n) is 5.68. The van der Waals surface area contributed by atoms with Crippen molar-refractivity contribution >= 4 is 0 Å². The molecular formula is C14H18N2. The monoisotopic (exact) mass is 214 g/mol. The van der Waals surface area contributed by atoms with Gasteiger partial charge in [-0.15, -0.1) is 0 Å². The molecule has 1 aromatic heterocycles. The van der Waals surface area contributed by atoms with Crippen LogP contribution in [0.25, 0.3) is 0 Å². The zero-order valence-electron chi connectivity index (χ0n) is 9.83. The third-order valence-electron chi connectivity index (χ3n) is 2.84. The first-order valence-corrected chi connectivity index (χ1v) is 5.68. The summed E-state index contributed by atoms with van der Waals surface area (Å²) in [7, 11) is 0. The van der Waals surface area contributed by atoms with Gasteiger partial charge >= 0.3 is 0 Å². The van der Waals surface area contributed by atoms with Gasteiger partial charge < -0.3 is 10.3 Å². The first-order chi connectivity index (χ1) is 7.75. The molecule has 0 saturated carbocycles. The minimum Gasteiger partial charge on any atom is -0.364 e. The van der Waals surface area contributed by atoms with Gasteiger partial charge in [0.25, 0.3) is 0 Å². The van der Waals surface area contributed by atoms with Crippen LogP contribution in [0.2, 0.25) is 0 Å². The van der Waals surface area contributed by atoms with E-state index in [1.807, 2.05) is 12.3 Å². The van der Waals surface area contributed by atoms with Crippen LogP contribution in [0, 0.1) is 6.92 Å². The van der Waals surface area contributed by atoms with E-state index in [-0.39, 0.29) is 0 Å². The van der Waals surface area contributed by atoms with Crippen LogP contribution in [0.15, 0.2) is 42.6 Å². The van der Waals surface area contributed by atoms with E-state index in [1.54, 1.807) is 0 Å². The Bertz CT molecular complexity index is 415. The fourth-order valence-corrected chi connectivity index (χ4v) is 1.71. The van der Waals surface area contributed by atoms with Gasteiger partial charge in [-0.3, -0.25) is 0 Å². The quantitative estimate of drug-likeness (QED) is 0.803. The van der Waals surface area contributed by atoms with Gasteiger partial charge in [-0.1, -0.05) is 29.8 Å². The maximum absolute atomic E-state index is 3.49. The Kier molecular flexibility index (Phi) is 3.42. The summed E-state index contributed by atoms with van der Waals surface area (Å²) in [6.45, 7) is 5.18. The Morgan fingerprint density at radius 1 is 1.19 bits per heavy atom. The van der Waals surface area contributed by atoms with Gasteiger partial charge in [-0.05, 0) is 31.5 Å². The number of hydrogen-bond donors (Lipinski definition) is 2. The highest BCUT2D eigenvalue weighted by molar-refractivity contribution is 5.23. The van der Waals surface area contributed by atoms with E-state index in [1.165, 1.54) is 16.8 Å². The third kappa shape index (κ3) is 2.74. The first kappa shape index (κ1) is 11.0. The molecule has 0 radical (unpaired) electrons. The van der Waals surface area contributed by atoms with Gasteiger partial charge in [-0.25, -0.2) is 0 Å². The Morgan fingerprint density at radius 3 is 2.56 bits per heavy atom. The van der Waals surface area contributed by atoms with Crippen LogP contribution in [0.3, 0.4) is 0 Å². The molecule has 1 heterocycles. The Labute approximate surface area is 96.7 Å². The maximum atomic E-state index is 3.49. The van der Waals surface area contributed by atoms with E-state index < -0.39 is 0 Å². The van der Waals surface area contributed by atoms with Crippen molar-refractivity contribution in [1.82, 2.24) is 10.3 Å². The zero-order chi connectivity index (χ0) is 11.4. The number of benzene rings is 1. The standard InChI is InChI=1S/C14H18N2/c1-11-5-7-13(8-6-11)12(2)16-10-14-4-3-9-15-14/h3-9,12,15-16H,10H2,1-2H3/t12-/m0/s1. The topological polar surface area (TPSA) is 27.8 Å². The molecule has 0 bridgehead atoms. The highest BCUT2D eigenvalue weighted by atomic mass is 14.9. The van der Waals surface area contributed by atoms with Crippen LogP contribution in [0.1, 0.15) is 29.8 Å². The number of aromatic nitrogens is 1. The highest BCUT2D eigenvalue weighted by Gasteiger charge is 2.04. The molecule has 0 aliphatic carbocycles. The van der Waals surface area contributed by atoms with Crippen molar-refractivity contribution < 1.29 is 0 Å². The fraction of sp³-hybridized carbons (Fsp3) is 0.286. The van der Waals surface area contributed by atoms with Gasteiger partial charge in [0, 0.05) is 24.5 Å². The Hall–Kier alpha value is -1.54. The molecule has 1 atom stereocenters. The van der Waals surface area contributed by atoms with Crippen LogP contribution in [-0.2, 0) is 6.54 Å². The lowest BCUT2D eigenvalue weighted by Crippen LogP contribution is -2.18. The molecule has 2 heteroatoms. The number of rotatable bonds is 4. The Balaban J connectivity index is 1.93. The van der Waals surface area contributed by atoms with Crippen LogP contribution >= 0.6 is 0 Å². The summed E-state index contributed by atoms with van der Waals surface area (Å²) >= 11 is 0. The van der Waals surface area contributed by atoms with E-state index in [4.69, 9.17) is 0 Å². The number of aromatic amines is 1. The summed E-state index contributed by atoms with van der Waals surface area (Å²) in [5.41, 5.74) is 3.86. The minimum absolute atomic E-state index is 0.379. The summed E-state index contributed by atoms with van der Waals surface area (Å²) in [6.07, 6.45) is 1.95. The second-order valence-electron chi connectivity index (χ2n) is 4.21. The largest absolute Gasteiger partial charge is 0.364 e. The second-order valence-corrected chi connectivity index (χ2v) is 4.21. The molecule has 2 rings (SSSR count). The van der Waals surface area contributed by atoms with Crippen LogP contribution in [0.5, 0.6) is 0 Å². The third-order valence-corrected chi connectivity index (χ3v) is 2.84. The number of H-pyrrole nitrogens is 1. The molecule has 1 aromatic carbocycles. The lowest BCUT2D eigenvalue weighted by molar-refractivity contribution is 0.569. The van der Waals surface area contributed by atoms with Crippen LogP contribution < -0.4 is 5.32 Å². The minimum atomic E-state index is 0.379. The van der Waals surface area contributed by atoms with Crippen molar-refractivity contribution in [2.75, 3.05) is 0 Å². The predicted molar refractivity (Wildman–Crippen MR) is 67.2 cm³/mol. The van der Waals surface area contributed by atoms with Crippen molar-refractivity contribution in [3.63, 3.8) is 0 Å². The van der Waals surface area contributed by atoms with Crippen molar-refractivity contribution in [2.45, 2.75) is 26.4 Å². The lowest BCUT2D eigenvalue weighted by atomic mass is 10.1. The van der Waals surface area contributed by atoms with Crippen molar-refractivity contribution in [2.24, 2.45) is 0 Å². The Morgan fingerprint density at radius 2 is 1.94 bits per heavy atom.